The molecule has 8 aromatic carbocycles. The summed E-state index contributed by atoms with van der Waals surface area (Å²) in [5.74, 6) is 0. The molecule has 0 amide bonds. The van der Waals surface area contributed by atoms with Gasteiger partial charge in [0.1, 0.15) is 16.7 Å². The largest absolute Gasteiger partial charge is 0.456 e. The fourth-order valence-corrected chi connectivity index (χ4v) is 9.88. The number of fused-ring (bicyclic) bond motifs is 15. The summed E-state index contributed by atoms with van der Waals surface area (Å²) < 4.78 is 16.1. The van der Waals surface area contributed by atoms with E-state index in [0.717, 1.165) is 60.8 Å². The third-order valence-electron chi connectivity index (χ3n) is 12.0. The Morgan fingerprint density at radius 1 is 0.481 bits per heavy atom. The van der Waals surface area contributed by atoms with Crippen molar-refractivity contribution in [1.29, 1.82) is 0 Å². The minimum absolute atomic E-state index is 0.169. The maximum atomic E-state index is 6.80. The molecule has 0 N–H and O–H groups in total. The molecular weight excluding hydrogens is 659 g/mol. The fraction of sp³-hybridized carbons (Fsp3) is 0.0204. The van der Waals surface area contributed by atoms with Gasteiger partial charge in [-0.3, -0.25) is 0 Å². The van der Waals surface area contributed by atoms with Crippen molar-refractivity contribution in [3.8, 4) is 22.3 Å². The van der Waals surface area contributed by atoms with E-state index >= 15 is 0 Å². The monoisotopic (exact) mass is 688 g/mol. The number of hydrogen-bond acceptors (Lipinski definition) is 3. The van der Waals surface area contributed by atoms with Crippen LogP contribution in [0.15, 0.2) is 167 Å². The molecule has 0 saturated carbocycles. The van der Waals surface area contributed by atoms with E-state index in [-0.39, 0.29) is 6.85 Å². The molecule has 2 aliphatic rings. The second-order valence-electron chi connectivity index (χ2n) is 14.8. The molecule has 5 heteroatoms. The maximum Gasteiger partial charge on any atom is 0.334 e. The van der Waals surface area contributed by atoms with Crippen LogP contribution in [-0.2, 0) is 0 Å². The number of aryl methyl sites for hydroxylation is 1. The third-order valence-corrected chi connectivity index (χ3v) is 12.0. The molecule has 0 bridgehead atoms. The van der Waals surface area contributed by atoms with Crippen molar-refractivity contribution in [1.82, 2.24) is 4.48 Å². The summed E-state index contributed by atoms with van der Waals surface area (Å²) in [6.45, 7) is 2.02. The molecular formula is C49H29BN2O2. The molecule has 0 atom stereocenters. The lowest BCUT2D eigenvalue weighted by molar-refractivity contribution is 0.669. The Hall–Kier alpha value is -6.98. The highest BCUT2D eigenvalue weighted by Crippen LogP contribution is 2.51. The van der Waals surface area contributed by atoms with Crippen LogP contribution in [0.25, 0.3) is 87.9 Å². The van der Waals surface area contributed by atoms with E-state index in [0.29, 0.717) is 0 Å². The second kappa shape index (κ2) is 10.1. The zero-order valence-corrected chi connectivity index (χ0v) is 29.3. The van der Waals surface area contributed by atoms with E-state index in [2.05, 4.69) is 174 Å². The van der Waals surface area contributed by atoms with Gasteiger partial charge in [0.15, 0.2) is 5.58 Å². The summed E-state index contributed by atoms with van der Waals surface area (Å²) in [5.41, 5.74) is 18.1. The van der Waals surface area contributed by atoms with Gasteiger partial charge in [-0.15, -0.1) is 0 Å². The summed E-state index contributed by atoms with van der Waals surface area (Å²) in [6.07, 6.45) is 0. The minimum Gasteiger partial charge on any atom is -0.456 e. The lowest BCUT2D eigenvalue weighted by Gasteiger charge is -2.42. The first-order valence-electron chi connectivity index (χ1n) is 18.6. The first-order chi connectivity index (χ1) is 26.7. The van der Waals surface area contributed by atoms with E-state index in [1.54, 1.807) is 0 Å². The zero-order chi connectivity index (χ0) is 35.2. The molecule has 11 aromatic rings. The molecule has 0 aliphatic carbocycles. The predicted octanol–water partition coefficient (Wildman–Crippen LogP) is 12.0. The lowest BCUT2D eigenvalue weighted by Crippen LogP contribution is -2.57. The molecule has 0 fully saturated rings. The Bertz CT molecular complexity index is 3420. The molecule has 250 valence electrons. The number of anilines is 3. The normalized spacial score (nSPS) is 13.2. The standard InChI is InChI=1S/C49H29BN2O2/c1-28-22-23-38(36(26-28)29-12-3-2-4-13-29)51-39-24-25-42-43(33-16-7-9-20-40(33)53-42)45(39)50-44-37(27-30-14-5-6-15-31(30)47(44)51)32-18-11-19-35-46(32)52(50)48-34-17-8-10-21-41(34)54-49(35)48/h2-27H,1H3. The summed E-state index contributed by atoms with van der Waals surface area (Å²) in [6, 6.07) is 57.3. The SMILES string of the molecule is Cc1ccc(N2c3ccc4oc5ccccc5c4c3B3c4c(cc5ccccc5c42)-c2cccc4c5oc6ccccc6c5n3c24)c(-c2ccccc2)c1. The van der Waals surface area contributed by atoms with Gasteiger partial charge in [0.2, 0.25) is 0 Å². The van der Waals surface area contributed by atoms with Crippen molar-refractivity contribution in [3.63, 3.8) is 0 Å². The van der Waals surface area contributed by atoms with Crippen molar-refractivity contribution in [3.05, 3.63) is 163 Å². The molecule has 0 saturated heterocycles. The van der Waals surface area contributed by atoms with Crippen molar-refractivity contribution in [2.75, 3.05) is 4.90 Å². The van der Waals surface area contributed by atoms with Crippen molar-refractivity contribution >= 4 is 101 Å². The number of nitrogens with zero attached hydrogens (tertiary/aromatic N) is 2. The van der Waals surface area contributed by atoms with Crippen LogP contribution in [-0.4, -0.2) is 11.3 Å². The number of para-hydroxylation sites is 3. The highest BCUT2D eigenvalue weighted by molar-refractivity contribution is 6.92. The Morgan fingerprint density at radius 3 is 2.07 bits per heavy atom. The number of rotatable bonds is 2. The Kier molecular flexibility index (Phi) is 5.36. The average Bonchev–Trinajstić information content (AvgIpc) is 3.89. The van der Waals surface area contributed by atoms with Crippen LogP contribution < -0.4 is 15.8 Å². The van der Waals surface area contributed by atoms with Gasteiger partial charge in [0.25, 0.3) is 0 Å². The van der Waals surface area contributed by atoms with E-state index in [1.807, 2.05) is 0 Å². The number of aromatic nitrogens is 1. The predicted molar refractivity (Wildman–Crippen MR) is 225 cm³/mol. The lowest BCUT2D eigenvalue weighted by atomic mass is 9.44. The van der Waals surface area contributed by atoms with E-state index in [1.165, 1.54) is 60.7 Å². The summed E-state index contributed by atoms with van der Waals surface area (Å²) in [7, 11) is 0. The maximum absolute atomic E-state index is 6.80. The quantitative estimate of drug-likeness (QED) is 0.170. The van der Waals surface area contributed by atoms with Gasteiger partial charge in [0.05, 0.1) is 16.9 Å². The minimum atomic E-state index is -0.169. The van der Waals surface area contributed by atoms with Gasteiger partial charge < -0.3 is 18.2 Å². The van der Waals surface area contributed by atoms with Gasteiger partial charge in [-0.05, 0) is 89.0 Å². The Labute approximate surface area is 310 Å². The first-order valence-corrected chi connectivity index (χ1v) is 18.6. The van der Waals surface area contributed by atoms with Crippen LogP contribution >= 0.6 is 0 Å². The number of furan rings is 2. The summed E-state index contributed by atoms with van der Waals surface area (Å²) in [4.78, 5) is 2.56. The van der Waals surface area contributed by atoms with Crippen molar-refractivity contribution in [2.45, 2.75) is 6.92 Å². The fourth-order valence-electron chi connectivity index (χ4n) is 9.88. The molecule has 4 nitrogen and oxygen atoms in total. The second-order valence-corrected chi connectivity index (χ2v) is 14.8. The van der Waals surface area contributed by atoms with Gasteiger partial charge in [-0.25, -0.2) is 0 Å². The Balaban J connectivity index is 1.29. The van der Waals surface area contributed by atoms with Crippen LogP contribution in [0.3, 0.4) is 0 Å². The van der Waals surface area contributed by atoms with Crippen LogP contribution in [0, 0.1) is 6.92 Å². The summed E-state index contributed by atoms with van der Waals surface area (Å²) >= 11 is 0. The van der Waals surface area contributed by atoms with Crippen molar-refractivity contribution in [2.24, 2.45) is 0 Å². The summed E-state index contributed by atoms with van der Waals surface area (Å²) in [5, 5.41) is 6.97. The van der Waals surface area contributed by atoms with E-state index < -0.39 is 0 Å². The van der Waals surface area contributed by atoms with Crippen LogP contribution in [0.5, 0.6) is 0 Å². The molecule has 13 rings (SSSR count). The van der Waals surface area contributed by atoms with Crippen LogP contribution in [0.2, 0.25) is 0 Å². The molecule has 5 heterocycles. The topological polar surface area (TPSA) is 34.5 Å². The van der Waals surface area contributed by atoms with Gasteiger partial charge in [-0.2, -0.15) is 0 Å². The highest BCUT2D eigenvalue weighted by atomic mass is 16.3. The average molecular weight is 689 g/mol. The molecule has 0 spiro atoms. The number of hydrogen-bond donors (Lipinski definition) is 0. The van der Waals surface area contributed by atoms with Gasteiger partial charge in [-0.1, -0.05) is 109 Å². The highest BCUT2D eigenvalue weighted by Gasteiger charge is 2.46. The van der Waals surface area contributed by atoms with Gasteiger partial charge in [0, 0.05) is 49.3 Å². The number of benzene rings is 8. The van der Waals surface area contributed by atoms with Crippen LogP contribution in [0.1, 0.15) is 5.56 Å². The van der Waals surface area contributed by atoms with Gasteiger partial charge >= 0.3 is 6.85 Å². The van der Waals surface area contributed by atoms with E-state index in [9.17, 15) is 0 Å². The molecule has 0 radical (unpaired) electrons. The molecule has 0 unspecified atom stereocenters. The van der Waals surface area contributed by atoms with Crippen molar-refractivity contribution < 1.29 is 8.83 Å². The van der Waals surface area contributed by atoms with E-state index in [4.69, 9.17) is 8.83 Å². The molecule has 3 aromatic heterocycles. The van der Waals surface area contributed by atoms with Crippen LogP contribution in [0.4, 0.5) is 17.1 Å². The Morgan fingerprint density at radius 2 is 1.20 bits per heavy atom. The molecule has 54 heavy (non-hydrogen) atoms. The third kappa shape index (κ3) is 3.49. The molecule has 2 aliphatic heterocycles. The first kappa shape index (κ1) is 28.6. The zero-order valence-electron chi connectivity index (χ0n) is 29.3. The smallest absolute Gasteiger partial charge is 0.334 e.